The van der Waals surface area contributed by atoms with E-state index in [2.05, 4.69) is 25.5 Å². The quantitative estimate of drug-likeness (QED) is 0.427. The average Bonchev–Trinajstić information content (AvgIpc) is 3.13. The van der Waals surface area contributed by atoms with E-state index in [0.717, 1.165) is 33.5 Å². The molecule has 4 aromatic rings. The van der Waals surface area contributed by atoms with Crippen LogP contribution < -0.4 is 10.2 Å². The second kappa shape index (κ2) is 8.58. The normalized spacial score (nSPS) is 11.8. The Morgan fingerprint density at radius 3 is 2.72 bits per heavy atom. The lowest BCUT2D eigenvalue weighted by molar-refractivity contribution is 0.586. The fraction of sp³-hybridized carbons (Fsp3) is 0.261. The van der Waals surface area contributed by atoms with E-state index in [0.29, 0.717) is 11.8 Å². The molecule has 166 valence electrons. The number of sulfone groups is 1. The lowest BCUT2D eigenvalue weighted by Gasteiger charge is -2.19. The molecule has 32 heavy (non-hydrogen) atoms. The molecule has 0 aliphatic rings. The van der Waals surface area contributed by atoms with Crippen molar-refractivity contribution in [1.82, 2.24) is 20.2 Å². The van der Waals surface area contributed by atoms with Crippen LogP contribution in [-0.4, -0.2) is 40.9 Å². The second-order valence-electron chi connectivity index (χ2n) is 8.03. The first-order valence-electron chi connectivity index (χ1n) is 10.3. The van der Waals surface area contributed by atoms with Crippen LogP contribution in [0.1, 0.15) is 25.1 Å². The van der Waals surface area contributed by atoms with Crippen LogP contribution in [0.25, 0.3) is 10.9 Å². The fourth-order valence-corrected chi connectivity index (χ4v) is 4.32. The molecule has 0 spiro atoms. The minimum absolute atomic E-state index is 0.00103. The summed E-state index contributed by atoms with van der Waals surface area (Å²) in [5.74, 6) is 1.14. The molecule has 0 fully saturated rings. The minimum atomic E-state index is -3.18. The van der Waals surface area contributed by atoms with E-state index < -0.39 is 15.1 Å². The Bertz CT molecular complexity index is 1360. The maximum atomic E-state index is 12.2. The van der Waals surface area contributed by atoms with Gasteiger partial charge in [-0.2, -0.15) is 10.1 Å². The highest BCUT2D eigenvalue weighted by molar-refractivity contribution is 7.91. The van der Waals surface area contributed by atoms with Gasteiger partial charge in [0.1, 0.15) is 5.82 Å². The third-order valence-corrected chi connectivity index (χ3v) is 7.54. The molecule has 9 heteroatoms. The molecule has 0 saturated carbocycles. The summed E-state index contributed by atoms with van der Waals surface area (Å²) in [5, 5.41) is 11.2. The third kappa shape index (κ3) is 4.57. The number of hydrogen-bond donors (Lipinski definition) is 2. The third-order valence-electron chi connectivity index (χ3n) is 5.37. The zero-order chi connectivity index (χ0) is 22.9. The molecule has 0 aliphatic carbocycles. The zero-order valence-electron chi connectivity index (χ0n) is 18.5. The monoisotopic (exact) mass is 450 g/mol. The summed E-state index contributed by atoms with van der Waals surface area (Å²) >= 11 is 0. The van der Waals surface area contributed by atoms with Crippen LogP contribution in [0.4, 0.5) is 23.1 Å². The van der Waals surface area contributed by atoms with Crippen molar-refractivity contribution < 1.29 is 8.42 Å². The molecular weight excluding hydrogens is 424 g/mol. The molecule has 2 heterocycles. The van der Waals surface area contributed by atoms with Crippen molar-refractivity contribution in [3.05, 3.63) is 66.0 Å². The van der Waals surface area contributed by atoms with Crippen molar-refractivity contribution in [2.45, 2.75) is 31.8 Å². The number of fused-ring (bicyclic) bond motifs is 1. The number of hydrogen-bond acceptors (Lipinski definition) is 7. The van der Waals surface area contributed by atoms with Crippen LogP contribution in [0.2, 0.25) is 0 Å². The van der Waals surface area contributed by atoms with Crippen LogP contribution in [-0.2, 0) is 15.6 Å². The van der Waals surface area contributed by atoms with Gasteiger partial charge in [-0.25, -0.2) is 13.4 Å². The highest BCUT2D eigenvalue weighted by Gasteiger charge is 2.17. The molecule has 0 aliphatic heterocycles. The Morgan fingerprint density at radius 1 is 1.12 bits per heavy atom. The molecule has 2 aromatic heterocycles. The Hall–Kier alpha value is -3.46. The fourth-order valence-electron chi connectivity index (χ4n) is 3.34. The SMILES string of the molecule is Cc1[nH]nc2cc(N(C)c3ccnc(Nc4cccc(CS(=O)(=O)C(C)C)c4)n3)ccc12. The molecule has 2 aromatic carbocycles. The molecule has 8 nitrogen and oxygen atoms in total. The minimum Gasteiger partial charge on any atom is -0.329 e. The van der Waals surface area contributed by atoms with Crippen molar-refractivity contribution >= 4 is 43.9 Å². The van der Waals surface area contributed by atoms with E-state index >= 15 is 0 Å². The van der Waals surface area contributed by atoms with Gasteiger partial charge in [-0.15, -0.1) is 0 Å². The summed E-state index contributed by atoms with van der Waals surface area (Å²) in [7, 11) is -1.24. The van der Waals surface area contributed by atoms with Gasteiger partial charge in [-0.1, -0.05) is 12.1 Å². The molecule has 0 amide bonds. The number of anilines is 4. The first kappa shape index (κ1) is 21.8. The number of nitrogens with one attached hydrogen (secondary N) is 2. The molecule has 0 bridgehead atoms. The summed E-state index contributed by atoms with van der Waals surface area (Å²) in [6, 6.07) is 15.2. The number of rotatable bonds is 7. The Balaban J connectivity index is 1.54. The van der Waals surface area contributed by atoms with Crippen LogP contribution in [0, 0.1) is 6.92 Å². The van der Waals surface area contributed by atoms with Crippen LogP contribution in [0.5, 0.6) is 0 Å². The van der Waals surface area contributed by atoms with Gasteiger partial charge in [0.2, 0.25) is 5.95 Å². The van der Waals surface area contributed by atoms with E-state index in [1.54, 1.807) is 20.0 Å². The number of benzene rings is 2. The summed E-state index contributed by atoms with van der Waals surface area (Å²) in [6.45, 7) is 5.38. The van der Waals surface area contributed by atoms with Crippen LogP contribution >= 0.6 is 0 Å². The topological polar surface area (TPSA) is 104 Å². The molecule has 0 saturated heterocycles. The van der Waals surface area contributed by atoms with E-state index in [-0.39, 0.29) is 5.75 Å². The van der Waals surface area contributed by atoms with Gasteiger partial charge in [-0.05, 0) is 62.7 Å². The predicted molar refractivity (Wildman–Crippen MR) is 128 cm³/mol. The van der Waals surface area contributed by atoms with Gasteiger partial charge < -0.3 is 10.2 Å². The number of nitrogens with zero attached hydrogens (tertiary/aromatic N) is 4. The van der Waals surface area contributed by atoms with E-state index in [1.807, 2.05) is 67.4 Å². The predicted octanol–water partition coefficient (Wildman–Crippen LogP) is 4.50. The molecule has 0 atom stereocenters. The van der Waals surface area contributed by atoms with Gasteiger partial charge in [0.15, 0.2) is 9.84 Å². The molecule has 4 rings (SSSR count). The van der Waals surface area contributed by atoms with Crippen LogP contribution in [0.15, 0.2) is 54.7 Å². The summed E-state index contributed by atoms with van der Waals surface area (Å²) in [5.41, 5.74) is 4.34. The van der Waals surface area contributed by atoms with Crippen molar-refractivity contribution in [2.24, 2.45) is 0 Å². The van der Waals surface area contributed by atoms with Crippen molar-refractivity contribution in [2.75, 3.05) is 17.3 Å². The highest BCUT2D eigenvalue weighted by atomic mass is 32.2. The molecular formula is C23H26N6O2S. The first-order chi connectivity index (χ1) is 15.2. The lowest BCUT2D eigenvalue weighted by Crippen LogP contribution is -2.16. The summed E-state index contributed by atoms with van der Waals surface area (Å²) in [6.07, 6.45) is 1.69. The van der Waals surface area contributed by atoms with Crippen molar-refractivity contribution in [3.8, 4) is 0 Å². The first-order valence-corrected chi connectivity index (χ1v) is 12.0. The molecule has 2 N–H and O–H groups in total. The lowest BCUT2D eigenvalue weighted by atomic mass is 10.2. The highest BCUT2D eigenvalue weighted by Crippen LogP contribution is 2.27. The van der Waals surface area contributed by atoms with Gasteiger partial charge in [-0.3, -0.25) is 5.10 Å². The summed E-state index contributed by atoms with van der Waals surface area (Å²) in [4.78, 5) is 10.9. The summed E-state index contributed by atoms with van der Waals surface area (Å²) < 4.78 is 24.5. The van der Waals surface area contributed by atoms with Gasteiger partial charge >= 0.3 is 0 Å². The Labute approximate surface area is 187 Å². The zero-order valence-corrected chi connectivity index (χ0v) is 19.3. The number of aromatic nitrogens is 4. The second-order valence-corrected chi connectivity index (χ2v) is 10.6. The molecule has 0 radical (unpaired) electrons. The Kier molecular flexibility index (Phi) is 5.84. The number of aromatic amines is 1. The van der Waals surface area contributed by atoms with Gasteiger partial charge in [0.05, 0.1) is 16.5 Å². The van der Waals surface area contributed by atoms with Crippen molar-refractivity contribution in [3.63, 3.8) is 0 Å². The Morgan fingerprint density at radius 2 is 1.94 bits per heavy atom. The standard InChI is InChI=1S/C23H26N6O2S/c1-15(2)32(30,31)14-17-6-5-7-18(12-17)25-23-24-11-10-22(26-23)29(4)19-8-9-20-16(3)27-28-21(20)13-19/h5-13,15H,14H2,1-4H3,(H,27,28)(H,24,25,26). The maximum absolute atomic E-state index is 12.2. The van der Waals surface area contributed by atoms with E-state index in [4.69, 9.17) is 0 Å². The van der Waals surface area contributed by atoms with Gasteiger partial charge in [0.25, 0.3) is 0 Å². The van der Waals surface area contributed by atoms with E-state index in [9.17, 15) is 8.42 Å². The average molecular weight is 451 g/mol. The van der Waals surface area contributed by atoms with E-state index in [1.165, 1.54) is 0 Å². The number of H-pyrrole nitrogens is 1. The van der Waals surface area contributed by atoms with Gasteiger partial charge in [0, 0.05) is 35.7 Å². The smallest absolute Gasteiger partial charge is 0.229 e. The largest absolute Gasteiger partial charge is 0.329 e. The van der Waals surface area contributed by atoms with Crippen molar-refractivity contribution in [1.29, 1.82) is 0 Å². The maximum Gasteiger partial charge on any atom is 0.229 e. The number of aryl methyl sites for hydroxylation is 1. The van der Waals surface area contributed by atoms with Crippen LogP contribution in [0.3, 0.4) is 0 Å². The molecule has 0 unspecified atom stereocenters.